The van der Waals surface area contributed by atoms with Crippen molar-refractivity contribution in [2.24, 2.45) is 0 Å². The molecule has 0 spiro atoms. The highest BCUT2D eigenvalue weighted by Gasteiger charge is 2.15. The van der Waals surface area contributed by atoms with Crippen molar-refractivity contribution in [2.45, 2.75) is 19.3 Å². The van der Waals surface area contributed by atoms with Gasteiger partial charge in [-0.05, 0) is 24.1 Å². The summed E-state index contributed by atoms with van der Waals surface area (Å²) in [7, 11) is 0. The summed E-state index contributed by atoms with van der Waals surface area (Å²) in [6.45, 7) is 1.85. The lowest BCUT2D eigenvalue weighted by atomic mass is 9.96. The fourth-order valence-electron chi connectivity index (χ4n) is 1.24. The highest BCUT2D eigenvalue weighted by Crippen LogP contribution is 2.24. The Morgan fingerprint density at radius 2 is 2.33 bits per heavy atom. The van der Waals surface area contributed by atoms with E-state index in [0.29, 0.717) is 10.6 Å². The van der Waals surface area contributed by atoms with Crippen LogP contribution in [0.25, 0.3) is 0 Å². The molecule has 78 valence electrons. The molecule has 1 atom stereocenters. The summed E-state index contributed by atoms with van der Waals surface area (Å²) in [5, 5.41) is 18.0. The highest BCUT2D eigenvalue weighted by molar-refractivity contribution is 6.31. The summed E-state index contributed by atoms with van der Waals surface area (Å²) in [6, 6.07) is 7.12. The van der Waals surface area contributed by atoms with Crippen LogP contribution >= 0.6 is 11.6 Å². The zero-order valence-electron chi connectivity index (χ0n) is 8.20. The van der Waals surface area contributed by atoms with Gasteiger partial charge >= 0.3 is 5.97 Å². The molecule has 0 aliphatic heterocycles. The minimum absolute atomic E-state index is 0.199. The van der Waals surface area contributed by atoms with Crippen LogP contribution in [0.5, 0.6) is 0 Å². The molecule has 0 radical (unpaired) electrons. The molecule has 0 fully saturated rings. The maximum Gasteiger partial charge on any atom is 0.305 e. The van der Waals surface area contributed by atoms with Gasteiger partial charge in [0.05, 0.1) is 18.4 Å². The smallest absolute Gasteiger partial charge is 0.305 e. The molecule has 1 N–H and O–H groups in total. The monoisotopic (exact) mass is 223 g/mol. The maximum absolute atomic E-state index is 10.5. The largest absolute Gasteiger partial charge is 0.481 e. The lowest BCUT2D eigenvalue weighted by Crippen LogP contribution is -2.04. The molecule has 15 heavy (non-hydrogen) atoms. The molecule has 4 heteroatoms. The molecule has 0 saturated carbocycles. The van der Waals surface area contributed by atoms with Crippen LogP contribution in [0, 0.1) is 18.3 Å². The van der Waals surface area contributed by atoms with Gasteiger partial charge in [0, 0.05) is 5.02 Å². The second-order valence-corrected chi connectivity index (χ2v) is 3.70. The van der Waals surface area contributed by atoms with E-state index in [1.807, 2.05) is 13.0 Å². The summed E-state index contributed by atoms with van der Waals surface area (Å²) < 4.78 is 0. The first-order valence-corrected chi connectivity index (χ1v) is 4.80. The maximum atomic E-state index is 10.5. The van der Waals surface area contributed by atoms with Gasteiger partial charge < -0.3 is 5.11 Å². The van der Waals surface area contributed by atoms with Crippen LogP contribution in [-0.4, -0.2) is 11.1 Å². The van der Waals surface area contributed by atoms with Crippen molar-refractivity contribution in [1.29, 1.82) is 5.26 Å². The number of halogens is 1. The van der Waals surface area contributed by atoms with E-state index in [-0.39, 0.29) is 6.42 Å². The lowest BCUT2D eigenvalue weighted by molar-refractivity contribution is -0.137. The molecule has 1 aromatic rings. The predicted octanol–water partition coefficient (Wildman–Crippen LogP) is 2.73. The van der Waals surface area contributed by atoms with Crippen LogP contribution in [0.1, 0.15) is 23.5 Å². The van der Waals surface area contributed by atoms with E-state index in [4.69, 9.17) is 22.0 Å². The van der Waals surface area contributed by atoms with E-state index in [9.17, 15) is 4.79 Å². The molecule has 0 aliphatic carbocycles. The van der Waals surface area contributed by atoms with Crippen molar-refractivity contribution >= 4 is 17.6 Å². The number of benzene rings is 1. The number of carboxylic acid groups (broad SMARTS) is 1. The van der Waals surface area contributed by atoms with Gasteiger partial charge in [-0.25, -0.2) is 0 Å². The number of aryl methyl sites for hydroxylation is 1. The van der Waals surface area contributed by atoms with Crippen molar-refractivity contribution in [3.8, 4) is 6.07 Å². The highest BCUT2D eigenvalue weighted by atomic mass is 35.5. The van der Waals surface area contributed by atoms with Gasteiger partial charge in [-0.3, -0.25) is 4.79 Å². The molecular formula is C11H10ClNO2. The first-order chi connectivity index (χ1) is 7.04. The predicted molar refractivity (Wildman–Crippen MR) is 56.8 cm³/mol. The summed E-state index contributed by atoms with van der Waals surface area (Å²) in [4.78, 5) is 10.5. The molecule has 1 aromatic carbocycles. The third-order valence-corrected chi connectivity index (χ3v) is 2.54. The van der Waals surface area contributed by atoms with Crippen molar-refractivity contribution in [3.05, 3.63) is 34.3 Å². The minimum atomic E-state index is -0.988. The quantitative estimate of drug-likeness (QED) is 0.857. The molecule has 0 amide bonds. The fourth-order valence-corrected chi connectivity index (χ4v) is 1.43. The van der Waals surface area contributed by atoms with Gasteiger partial charge in [0.25, 0.3) is 0 Å². The number of rotatable bonds is 3. The van der Waals surface area contributed by atoms with E-state index in [1.54, 1.807) is 18.2 Å². The summed E-state index contributed by atoms with van der Waals surface area (Å²) >= 11 is 5.89. The van der Waals surface area contributed by atoms with Crippen molar-refractivity contribution in [3.63, 3.8) is 0 Å². The number of hydrogen-bond acceptors (Lipinski definition) is 2. The average Bonchev–Trinajstić information content (AvgIpc) is 2.18. The standard InChI is InChI=1S/C11H10ClNO2/c1-7-2-3-8(4-10(7)12)9(6-13)5-11(14)15/h2-4,9H,5H2,1H3,(H,14,15). The number of aliphatic carboxylic acids is 1. The molecule has 0 aliphatic rings. The molecular weight excluding hydrogens is 214 g/mol. The zero-order valence-corrected chi connectivity index (χ0v) is 8.95. The lowest BCUT2D eigenvalue weighted by Gasteiger charge is -2.07. The fraction of sp³-hybridized carbons (Fsp3) is 0.273. The van der Waals surface area contributed by atoms with Crippen LogP contribution in [0.4, 0.5) is 0 Å². The summed E-state index contributed by atoms with van der Waals surface area (Å²) in [5.41, 5.74) is 1.56. The molecule has 1 unspecified atom stereocenters. The Morgan fingerprint density at radius 3 is 2.80 bits per heavy atom. The second-order valence-electron chi connectivity index (χ2n) is 3.29. The number of hydrogen-bond donors (Lipinski definition) is 1. The van der Waals surface area contributed by atoms with Gasteiger partial charge in [0.1, 0.15) is 0 Å². The van der Waals surface area contributed by atoms with Crippen molar-refractivity contribution < 1.29 is 9.90 Å². The van der Waals surface area contributed by atoms with Gasteiger partial charge in [0.2, 0.25) is 0 Å². The zero-order chi connectivity index (χ0) is 11.4. The van der Waals surface area contributed by atoms with Gasteiger partial charge in [-0.2, -0.15) is 5.26 Å². The van der Waals surface area contributed by atoms with Gasteiger partial charge in [-0.1, -0.05) is 23.7 Å². The summed E-state index contributed by atoms with van der Waals surface area (Å²) in [6.07, 6.45) is -0.199. The number of carboxylic acids is 1. The van der Waals surface area contributed by atoms with E-state index >= 15 is 0 Å². The Morgan fingerprint density at radius 1 is 1.67 bits per heavy atom. The Kier molecular flexibility index (Phi) is 3.70. The second kappa shape index (κ2) is 4.81. The van der Waals surface area contributed by atoms with E-state index < -0.39 is 11.9 Å². The normalized spacial score (nSPS) is 11.8. The Balaban J connectivity index is 2.98. The van der Waals surface area contributed by atoms with Gasteiger partial charge in [0.15, 0.2) is 0 Å². The Labute approximate surface area is 92.9 Å². The first-order valence-electron chi connectivity index (χ1n) is 4.42. The Hall–Kier alpha value is -1.53. The summed E-state index contributed by atoms with van der Waals surface area (Å²) in [5.74, 6) is -1.63. The topological polar surface area (TPSA) is 61.1 Å². The molecule has 0 bridgehead atoms. The number of nitriles is 1. The van der Waals surface area contributed by atoms with Crippen LogP contribution < -0.4 is 0 Å². The first kappa shape index (κ1) is 11.5. The molecule has 0 aromatic heterocycles. The molecule has 1 rings (SSSR count). The molecule has 0 heterocycles. The Bertz CT molecular complexity index is 423. The number of carbonyl (C=O) groups is 1. The van der Waals surface area contributed by atoms with Crippen molar-refractivity contribution in [1.82, 2.24) is 0 Å². The third-order valence-electron chi connectivity index (χ3n) is 2.13. The van der Waals surface area contributed by atoms with E-state index in [1.165, 1.54) is 0 Å². The van der Waals surface area contributed by atoms with Crippen LogP contribution in [-0.2, 0) is 4.79 Å². The van der Waals surface area contributed by atoms with Gasteiger partial charge in [-0.15, -0.1) is 0 Å². The van der Waals surface area contributed by atoms with Crippen LogP contribution in [0.3, 0.4) is 0 Å². The molecule has 0 saturated heterocycles. The van der Waals surface area contributed by atoms with Crippen LogP contribution in [0.2, 0.25) is 5.02 Å². The van der Waals surface area contributed by atoms with E-state index in [2.05, 4.69) is 0 Å². The van der Waals surface area contributed by atoms with Crippen LogP contribution in [0.15, 0.2) is 18.2 Å². The van der Waals surface area contributed by atoms with Crippen molar-refractivity contribution in [2.75, 3.05) is 0 Å². The minimum Gasteiger partial charge on any atom is -0.481 e. The molecule has 3 nitrogen and oxygen atoms in total. The SMILES string of the molecule is Cc1ccc(C(C#N)CC(=O)O)cc1Cl. The van der Waals surface area contributed by atoms with E-state index in [0.717, 1.165) is 5.56 Å². The average molecular weight is 224 g/mol. The third kappa shape index (κ3) is 2.97. The number of nitrogens with zero attached hydrogens (tertiary/aromatic N) is 1.